The lowest BCUT2D eigenvalue weighted by Gasteiger charge is -2.42. The van der Waals surface area contributed by atoms with Crippen LogP contribution in [0.4, 0.5) is 5.69 Å². The number of nitrogens with one attached hydrogen (secondary N) is 1. The van der Waals surface area contributed by atoms with Gasteiger partial charge in [-0.1, -0.05) is 19.1 Å². The molecule has 0 amide bonds. The number of carbonyl (C=O) groups excluding carboxylic acids is 1. The van der Waals surface area contributed by atoms with E-state index in [9.17, 15) is 14.7 Å². The lowest BCUT2D eigenvalue weighted by molar-refractivity contribution is 0.0617. The molecule has 1 saturated carbocycles. The molecule has 2 aliphatic rings. The zero-order valence-corrected chi connectivity index (χ0v) is 14.4. The predicted molar refractivity (Wildman–Crippen MR) is 93.8 cm³/mol. The standard InChI is InChI=1S/C19H25NO5/c1-11-2-3-12-8-13(23)4-5-14(12)18(11)17-9-16(20-6-7-21)15(10-22)19(24)25-17/h2-3,9-14,18,20-21,23H,4-8H2,1H3/t11-,12-,13+,14+,18+/m0/s1. The summed E-state index contributed by atoms with van der Waals surface area (Å²) in [5.74, 6) is 1.38. The SMILES string of the molecule is C[C@H]1C=C[C@H]2C[C@H](O)CC[C@H]2[C@@H]1c1cc(NCCO)c(C=O)c(=O)o1. The Labute approximate surface area is 146 Å². The highest BCUT2D eigenvalue weighted by molar-refractivity contribution is 5.83. The first kappa shape index (κ1) is 17.9. The van der Waals surface area contributed by atoms with Gasteiger partial charge in [-0.15, -0.1) is 0 Å². The van der Waals surface area contributed by atoms with Crippen LogP contribution in [0, 0.1) is 17.8 Å². The maximum absolute atomic E-state index is 12.3. The number of aliphatic hydroxyl groups is 2. The van der Waals surface area contributed by atoms with Gasteiger partial charge in [0.05, 0.1) is 18.4 Å². The van der Waals surface area contributed by atoms with Gasteiger partial charge < -0.3 is 19.9 Å². The monoisotopic (exact) mass is 347 g/mol. The fourth-order valence-electron chi connectivity index (χ4n) is 4.30. The van der Waals surface area contributed by atoms with E-state index in [0.29, 0.717) is 23.7 Å². The molecule has 1 aromatic rings. The molecule has 3 rings (SSSR count). The van der Waals surface area contributed by atoms with Crippen molar-refractivity contribution in [2.24, 2.45) is 17.8 Å². The number of anilines is 1. The summed E-state index contributed by atoms with van der Waals surface area (Å²) < 4.78 is 5.52. The average molecular weight is 347 g/mol. The molecular weight excluding hydrogens is 322 g/mol. The quantitative estimate of drug-likeness (QED) is 0.556. The Balaban J connectivity index is 1.99. The first-order valence-electron chi connectivity index (χ1n) is 8.89. The number of fused-ring (bicyclic) bond motifs is 1. The van der Waals surface area contributed by atoms with Crippen molar-refractivity contribution >= 4 is 12.0 Å². The molecule has 0 aliphatic heterocycles. The molecule has 0 unspecified atom stereocenters. The molecule has 0 spiro atoms. The van der Waals surface area contributed by atoms with E-state index < -0.39 is 5.63 Å². The molecule has 0 radical (unpaired) electrons. The summed E-state index contributed by atoms with van der Waals surface area (Å²) in [7, 11) is 0. The Morgan fingerprint density at radius 1 is 1.36 bits per heavy atom. The molecule has 25 heavy (non-hydrogen) atoms. The van der Waals surface area contributed by atoms with Crippen molar-refractivity contribution < 1.29 is 19.4 Å². The van der Waals surface area contributed by atoms with Gasteiger partial charge in [0.15, 0.2) is 6.29 Å². The van der Waals surface area contributed by atoms with Gasteiger partial charge in [-0.2, -0.15) is 0 Å². The fourth-order valence-corrected chi connectivity index (χ4v) is 4.30. The number of hydrogen-bond donors (Lipinski definition) is 3. The van der Waals surface area contributed by atoms with E-state index in [2.05, 4.69) is 24.4 Å². The van der Waals surface area contributed by atoms with Crippen molar-refractivity contribution in [1.29, 1.82) is 0 Å². The van der Waals surface area contributed by atoms with E-state index >= 15 is 0 Å². The van der Waals surface area contributed by atoms with E-state index in [-0.39, 0.29) is 42.6 Å². The van der Waals surface area contributed by atoms with Crippen LogP contribution in [0.15, 0.2) is 27.4 Å². The number of allylic oxidation sites excluding steroid dienone is 2. The molecule has 0 bridgehead atoms. The first-order valence-corrected chi connectivity index (χ1v) is 8.89. The minimum absolute atomic E-state index is 0.0329. The number of rotatable bonds is 5. The number of aliphatic hydroxyl groups excluding tert-OH is 2. The lowest BCUT2D eigenvalue weighted by atomic mass is 9.64. The molecule has 1 aromatic heterocycles. The molecule has 0 saturated heterocycles. The second-order valence-electron chi connectivity index (χ2n) is 7.10. The summed E-state index contributed by atoms with van der Waals surface area (Å²) in [6.07, 6.45) is 6.88. The molecule has 6 heteroatoms. The van der Waals surface area contributed by atoms with Gasteiger partial charge in [-0.25, -0.2) is 4.79 Å². The van der Waals surface area contributed by atoms with Crippen LogP contribution in [0.5, 0.6) is 0 Å². The third-order valence-corrected chi connectivity index (χ3v) is 5.50. The third-order valence-electron chi connectivity index (χ3n) is 5.50. The van der Waals surface area contributed by atoms with Crippen molar-refractivity contribution in [2.75, 3.05) is 18.5 Å². The average Bonchev–Trinajstić information content (AvgIpc) is 2.59. The summed E-state index contributed by atoms with van der Waals surface area (Å²) in [5.41, 5.74) is -0.293. The topological polar surface area (TPSA) is 99.8 Å². The first-order chi connectivity index (χ1) is 12.0. The second kappa shape index (κ2) is 7.54. The molecule has 1 heterocycles. The smallest absolute Gasteiger partial charge is 0.348 e. The molecule has 136 valence electrons. The summed E-state index contributed by atoms with van der Waals surface area (Å²) in [6, 6.07) is 1.73. The highest BCUT2D eigenvalue weighted by atomic mass is 16.4. The van der Waals surface area contributed by atoms with Crippen LogP contribution in [0.25, 0.3) is 0 Å². The van der Waals surface area contributed by atoms with Crippen molar-refractivity contribution in [3.8, 4) is 0 Å². The van der Waals surface area contributed by atoms with Crippen LogP contribution in [-0.4, -0.2) is 35.8 Å². The minimum Gasteiger partial charge on any atom is -0.427 e. The molecule has 6 nitrogen and oxygen atoms in total. The molecule has 3 N–H and O–H groups in total. The zero-order chi connectivity index (χ0) is 18.0. The third kappa shape index (κ3) is 3.55. The minimum atomic E-state index is -0.651. The summed E-state index contributed by atoms with van der Waals surface area (Å²) in [4.78, 5) is 23.5. The largest absolute Gasteiger partial charge is 0.427 e. The Hall–Kier alpha value is -1.92. The van der Waals surface area contributed by atoms with Crippen LogP contribution in [0.2, 0.25) is 0 Å². The highest BCUT2D eigenvalue weighted by Gasteiger charge is 2.40. The molecule has 2 aliphatic carbocycles. The van der Waals surface area contributed by atoms with Gasteiger partial charge >= 0.3 is 5.63 Å². The van der Waals surface area contributed by atoms with E-state index in [1.165, 1.54) is 0 Å². The van der Waals surface area contributed by atoms with E-state index in [1.807, 2.05) is 0 Å². The van der Waals surface area contributed by atoms with Crippen LogP contribution in [0.3, 0.4) is 0 Å². The van der Waals surface area contributed by atoms with Gasteiger partial charge in [0, 0.05) is 18.5 Å². The fraction of sp³-hybridized carbons (Fsp3) is 0.579. The zero-order valence-electron chi connectivity index (χ0n) is 14.4. The molecule has 5 atom stereocenters. The Morgan fingerprint density at radius 2 is 2.16 bits per heavy atom. The van der Waals surface area contributed by atoms with E-state index in [4.69, 9.17) is 9.52 Å². The normalized spacial score (nSPS) is 31.4. The van der Waals surface area contributed by atoms with Crippen molar-refractivity contribution in [3.05, 3.63) is 40.0 Å². The Kier molecular flexibility index (Phi) is 5.39. The van der Waals surface area contributed by atoms with Crippen LogP contribution < -0.4 is 10.9 Å². The highest BCUT2D eigenvalue weighted by Crippen LogP contribution is 2.48. The van der Waals surface area contributed by atoms with Gasteiger partial charge in [0.2, 0.25) is 0 Å². The van der Waals surface area contributed by atoms with E-state index in [0.717, 1.165) is 19.3 Å². The van der Waals surface area contributed by atoms with Gasteiger partial charge in [-0.05, 0) is 37.0 Å². The van der Waals surface area contributed by atoms with Gasteiger partial charge in [-0.3, -0.25) is 4.79 Å². The Morgan fingerprint density at radius 3 is 2.88 bits per heavy atom. The second-order valence-corrected chi connectivity index (χ2v) is 7.10. The van der Waals surface area contributed by atoms with Crippen molar-refractivity contribution in [1.82, 2.24) is 0 Å². The van der Waals surface area contributed by atoms with Crippen molar-refractivity contribution in [2.45, 2.75) is 38.2 Å². The predicted octanol–water partition coefficient (Wildman–Crippen LogP) is 1.92. The maximum Gasteiger partial charge on any atom is 0.348 e. The lowest BCUT2D eigenvalue weighted by Crippen LogP contribution is -2.35. The molecule has 0 aromatic carbocycles. The van der Waals surface area contributed by atoms with Crippen LogP contribution >= 0.6 is 0 Å². The number of carbonyl (C=O) groups is 1. The summed E-state index contributed by atoms with van der Waals surface area (Å²) in [6.45, 7) is 2.25. The van der Waals surface area contributed by atoms with Crippen LogP contribution in [-0.2, 0) is 0 Å². The summed E-state index contributed by atoms with van der Waals surface area (Å²) >= 11 is 0. The van der Waals surface area contributed by atoms with Crippen LogP contribution in [0.1, 0.15) is 48.2 Å². The van der Waals surface area contributed by atoms with Gasteiger partial charge in [0.25, 0.3) is 0 Å². The maximum atomic E-state index is 12.3. The van der Waals surface area contributed by atoms with E-state index in [1.54, 1.807) is 6.07 Å². The number of hydrogen-bond acceptors (Lipinski definition) is 6. The van der Waals surface area contributed by atoms with Gasteiger partial charge in [0.1, 0.15) is 11.3 Å². The Bertz CT molecular complexity index is 710. The number of aldehydes is 1. The molecule has 1 fully saturated rings. The summed E-state index contributed by atoms with van der Waals surface area (Å²) in [5, 5.41) is 21.9. The van der Waals surface area contributed by atoms with Crippen molar-refractivity contribution in [3.63, 3.8) is 0 Å². The molecular formula is C19H25NO5.